The number of aliphatic hydroxyl groups is 1. The van der Waals surface area contributed by atoms with E-state index in [1.807, 2.05) is 0 Å². The van der Waals surface area contributed by atoms with E-state index < -0.39 is 174 Å². The van der Waals surface area contributed by atoms with Crippen LogP contribution in [0.4, 0.5) is 127 Å². The fourth-order valence-corrected chi connectivity index (χ4v) is 4.99. The highest BCUT2D eigenvalue weighted by atomic mass is 19.4. The molecule has 0 bridgehead atoms. The summed E-state index contributed by atoms with van der Waals surface area (Å²) in [6, 6.07) is 0. The summed E-state index contributed by atoms with van der Waals surface area (Å²) >= 11 is 0. The van der Waals surface area contributed by atoms with Crippen LogP contribution < -0.4 is 9.47 Å². The van der Waals surface area contributed by atoms with E-state index >= 15 is 43.9 Å². The molecule has 0 heterocycles. The second-order valence-electron chi connectivity index (χ2n) is 11.4. The first-order valence-electron chi connectivity index (χ1n) is 14.3. The van der Waals surface area contributed by atoms with Gasteiger partial charge in [-0.2, -0.15) is 92.2 Å². The molecule has 0 aromatic heterocycles. The molecule has 0 atom stereocenters. The number of hydrogen-bond donors (Lipinski definition) is 1. The molecule has 342 valence electrons. The predicted molar refractivity (Wildman–Crippen MR) is 134 cm³/mol. The van der Waals surface area contributed by atoms with Crippen LogP contribution >= 0.6 is 0 Å². The van der Waals surface area contributed by atoms with Gasteiger partial charge in [0, 0.05) is 0 Å². The maximum Gasteiger partial charge on any atom is 0.460 e. The first kappa shape index (κ1) is 49.1. The van der Waals surface area contributed by atoms with Gasteiger partial charge in [-0.15, -0.1) is 0 Å². The average Bonchev–Trinajstić information content (AvgIpc) is 3.12. The lowest BCUT2D eigenvalue weighted by Crippen LogP contribution is -2.64. The van der Waals surface area contributed by atoms with Gasteiger partial charge in [-0.25, -0.2) is 35.1 Å². The fourth-order valence-electron chi connectivity index (χ4n) is 4.99. The Bertz CT molecular complexity index is 2250. The molecule has 0 amide bonds. The van der Waals surface area contributed by atoms with Crippen LogP contribution in [0.5, 0.6) is 23.0 Å². The molecular formula is C30HF29O3. The molecule has 3 nitrogen and oxygen atoms in total. The summed E-state index contributed by atoms with van der Waals surface area (Å²) in [5.74, 6) is -92.7. The first-order chi connectivity index (χ1) is 27.8. The minimum absolute atomic E-state index is 3.25. The highest BCUT2D eigenvalue weighted by Gasteiger charge is 2.82. The summed E-state index contributed by atoms with van der Waals surface area (Å²) in [6.07, 6.45) is -20.9. The number of rotatable bonds is 8. The lowest BCUT2D eigenvalue weighted by Gasteiger charge is -2.41. The van der Waals surface area contributed by atoms with E-state index in [1.54, 1.807) is 0 Å². The SMILES string of the molecule is OC(c1c(F)c(F)c(Oc2c(F)c(F)c(C(F)(F)F)c(F)c2F)c(F)c1F)(c1c(F)c(F)c(Oc2c(F)c(F)c(C(F)(F)F)c(F)c2F)c(F)c1F)C(F)(F)C(F)(F)C(F)(F)F. The summed E-state index contributed by atoms with van der Waals surface area (Å²) in [7, 11) is 0. The van der Waals surface area contributed by atoms with Crippen LogP contribution in [0.25, 0.3) is 0 Å². The Kier molecular flexibility index (Phi) is 11.9. The lowest BCUT2D eigenvalue weighted by molar-refractivity contribution is -0.386. The molecule has 0 saturated carbocycles. The molecule has 0 aliphatic rings. The standard InChI is InChI=1S/C30HF29O3/c31-5-1(6(32)14(40)21(13(5)39)61-23-17(43)9(35)3(26(47,48)49)10(36)18(23)44)25(60,28(53,54)29(55,56)30(57,58)59)2-7(33)15(41)22(16(42)8(2)34)62-24-19(45)11(37)4(27(50,51)52)12(38)20(24)46/h60H. The van der Waals surface area contributed by atoms with Gasteiger partial charge in [0.2, 0.25) is 69.5 Å². The van der Waals surface area contributed by atoms with Gasteiger partial charge in [0.25, 0.3) is 0 Å². The topological polar surface area (TPSA) is 38.7 Å². The van der Waals surface area contributed by atoms with Crippen molar-refractivity contribution in [3.63, 3.8) is 0 Å². The molecule has 4 aromatic carbocycles. The van der Waals surface area contributed by atoms with Crippen LogP contribution in [0, 0.1) is 93.1 Å². The largest absolute Gasteiger partial charge is 0.460 e. The number of alkyl halides is 13. The van der Waals surface area contributed by atoms with Gasteiger partial charge >= 0.3 is 30.4 Å². The number of ether oxygens (including phenoxy) is 2. The summed E-state index contributed by atoms with van der Waals surface area (Å²) in [4.78, 5) is 0. The van der Waals surface area contributed by atoms with Crippen molar-refractivity contribution >= 4 is 0 Å². The summed E-state index contributed by atoms with van der Waals surface area (Å²) in [5.41, 5.74) is -23.4. The Morgan fingerprint density at radius 2 is 0.435 bits per heavy atom. The summed E-state index contributed by atoms with van der Waals surface area (Å²) in [5, 5.41) is 10.6. The van der Waals surface area contributed by atoms with Gasteiger partial charge < -0.3 is 14.6 Å². The zero-order valence-corrected chi connectivity index (χ0v) is 27.2. The monoisotopic (exact) mass is 960 g/mol. The Morgan fingerprint density at radius 3 is 0.597 bits per heavy atom. The Hall–Kier alpha value is -5.59. The normalized spacial score (nSPS) is 13.3. The lowest BCUT2D eigenvalue weighted by atomic mass is 9.76. The molecule has 0 spiro atoms. The van der Waals surface area contributed by atoms with Gasteiger partial charge in [0.1, 0.15) is 11.1 Å². The Balaban J connectivity index is 2.15. The van der Waals surface area contributed by atoms with Crippen molar-refractivity contribution in [2.75, 3.05) is 0 Å². The molecule has 0 radical (unpaired) electrons. The molecule has 62 heavy (non-hydrogen) atoms. The van der Waals surface area contributed by atoms with Crippen molar-refractivity contribution in [2.24, 2.45) is 0 Å². The van der Waals surface area contributed by atoms with Gasteiger partial charge in [-0.1, -0.05) is 0 Å². The van der Waals surface area contributed by atoms with E-state index in [2.05, 4.69) is 9.47 Å². The van der Waals surface area contributed by atoms with Crippen LogP contribution in [0.3, 0.4) is 0 Å². The fraction of sp³-hybridized carbons (Fsp3) is 0.200. The maximum absolute atomic E-state index is 15.4. The minimum atomic E-state index is -8.42. The second kappa shape index (κ2) is 15.0. The first-order valence-corrected chi connectivity index (χ1v) is 14.3. The summed E-state index contributed by atoms with van der Waals surface area (Å²) < 4.78 is 419. The van der Waals surface area contributed by atoms with Gasteiger partial charge in [-0.05, 0) is 0 Å². The summed E-state index contributed by atoms with van der Waals surface area (Å²) in [6.45, 7) is 0. The molecule has 1 N–H and O–H groups in total. The van der Waals surface area contributed by atoms with Crippen molar-refractivity contribution in [3.8, 4) is 23.0 Å². The molecule has 0 aliphatic carbocycles. The number of benzene rings is 4. The van der Waals surface area contributed by atoms with Gasteiger partial charge in [0.15, 0.2) is 52.1 Å². The molecule has 32 heteroatoms. The highest BCUT2D eigenvalue weighted by Crippen LogP contribution is 2.59. The van der Waals surface area contributed by atoms with Crippen LogP contribution in [0.1, 0.15) is 22.3 Å². The Labute approximate surface area is 317 Å². The molecule has 4 aromatic rings. The predicted octanol–water partition coefficient (Wildman–Crippen LogP) is 12.6. The van der Waals surface area contributed by atoms with Crippen molar-refractivity contribution in [1.82, 2.24) is 0 Å². The number of halogens is 29. The third-order valence-electron chi connectivity index (χ3n) is 7.80. The molecule has 0 unspecified atom stereocenters. The van der Waals surface area contributed by atoms with E-state index in [0.29, 0.717) is 0 Å². The molecule has 0 aliphatic heterocycles. The van der Waals surface area contributed by atoms with Crippen molar-refractivity contribution in [1.29, 1.82) is 0 Å². The zero-order chi connectivity index (χ0) is 48.3. The van der Waals surface area contributed by atoms with Crippen molar-refractivity contribution in [3.05, 3.63) is 115 Å². The molecule has 0 fully saturated rings. The molecule has 4 rings (SSSR count). The maximum atomic E-state index is 15.4. The third kappa shape index (κ3) is 6.95. The quantitative estimate of drug-likeness (QED) is 0.141. The highest BCUT2D eigenvalue weighted by molar-refractivity contribution is 5.51. The minimum Gasteiger partial charge on any atom is -0.444 e. The van der Waals surface area contributed by atoms with Crippen LogP contribution in [-0.2, 0) is 18.0 Å². The van der Waals surface area contributed by atoms with E-state index in [-0.39, 0.29) is 0 Å². The zero-order valence-electron chi connectivity index (χ0n) is 27.2. The van der Waals surface area contributed by atoms with Gasteiger partial charge in [0.05, 0.1) is 11.1 Å². The van der Waals surface area contributed by atoms with Crippen molar-refractivity contribution < 1.29 is 142 Å². The smallest absolute Gasteiger partial charge is 0.444 e. The van der Waals surface area contributed by atoms with Crippen molar-refractivity contribution in [2.45, 2.75) is 36.0 Å². The third-order valence-corrected chi connectivity index (χ3v) is 7.80. The molecule has 0 saturated heterocycles. The van der Waals surface area contributed by atoms with E-state index in [0.717, 1.165) is 0 Å². The second-order valence-corrected chi connectivity index (χ2v) is 11.4. The Morgan fingerprint density at radius 1 is 0.258 bits per heavy atom. The average molecular weight is 960 g/mol. The molecular weight excluding hydrogens is 959 g/mol. The number of hydrogen-bond acceptors (Lipinski definition) is 3. The van der Waals surface area contributed by atoms with E-state index in [1.165, 1.54) is 0 Å². The van der Waals surface area contributed by atoms with Crippen LogP contribution in [0.15, 0.2) is 0 Å². The van der Waals surface area contributed by atoms with Crippen LogP contribution in [-0.4, -0.2) is 23.1 Å². The van der Waals surface area contributed by atoms with E-state index in [9.17, 15) is 88.5 Å². The van der Waals surface area contributed by atoms with Crippen LogP contribution in [0.2, 0.25) is 0 Å². The van der Waals surface area contributed by atoms with Gasteiger partial charge in [-0.3, -0.25) is 0 Å². The van der Waals surface area contributed by atoms with E-state index in [4.69, 9.17) is 0 Å².